The van der Waals surface area contributed by atoms with Crippen molar-refractivity contribution in [3.05, 3.63) is 199 Å². The fourth-order valence-electron chi connectivity index (χ4n) is 12.3. The molecule has 1 aliphatic heterocycles. The summed E-state index contributed by atoms with van der Waals surface area (Å²) in [6, 6.07) is 71.6. The lowest BCUT2D eigenvalue weighted by Crippen LogP contribution is -2.74. The standard InChI is InChI=1S/C52H45NSi/c1-4-18-42(19-5-1)54(43-20-6-2-7-21-43,44-22-8-3-9-23-44)45-24-16-17-39(36-45)46-25-10-13-28-49(46)53-50-29-14-11-26-47(50)52(48-27-12-15-30-51(48)53)40-32-37-31-38(34-40)35-41(52)33-37/h1-30,36-38,40-41H,31-35H2. The Morgan fingerprint density at radius 3 is 1.33 bits per heavy atom. The van der Waals surface area contributed by atoms with Crippen LogP contribution in [0.5, 0.6) is 0 Å². The Morgan fingerprint density at radius 1 is 0.389 bits per heavy atom. The largest absolute Gasteiger partial charge is 0.309 e. The molecule has 0 saturated heterocycles. The van der Waals surface area contributed by atoms with Crippen LogP contribution in [0.3, 0.4) is 0 Å². The zero-order valence-corrected chi connectivity index (χ0v) is 31.7. The number of nitrogens with zero attached hydrogens (tertiary/aromatic N) is 1. The van der Waals surface area contributed by atoms with E-state index in [-0.39, 0.29) is 5.41 Å². The Morgan fingerprint density at radius 2 is 0.815 bits per heavy atom. The van der Waals surface area contributed by atoms with E-state index in [0.29, 0.717) is 0 Å². The van der Waals surface area contributed by atoms with E-state index in [9.17, 15) is 0 Å². The minimum Gasteiger partial charge on any atom is -0.309 e. The van der Waals surface area contributed by atoms with Gasteiger partial charge in [0.2, 0.25) is 0 Å². The van der Waals surface area contributed by atoms with Crippen molar-refractivity contribution >= 4 is 45.9 Å². The van der Waals surface area contributed by atoms with Gasteiger partial charge in [0.25, 0.3) is 0 Å². The molecule has 1 nitrogen and oxygen atoms in total. The van der Waals surface area contributed by atoms with Crippen LogP contribution in [-0.2, 0) is 5.41 Å². The van der Waals surface area contributed by atoms with Crippen LogP contribution in [0.15, 0.2) is 188 Å². The lowest BCUT2D eigenvalue weighted by molar-refractivity contribution is -0.0419. The van der Waals surface area contributed by atoms with E-state index in [0.717, 1.165) is 23.7 Å². The van der Waals surface area contributed by atoms with Crippen molar-refractivity contribution in [1.82, 2.24) is 0 Å². The van der Waals surface area contributed by atoms with Crippen LogP contribution in [0.25, 0.3) is 11.1 Å². The Labute approximate surface area is 321 Å². The van der Waals surface area contributed by atoms with Gasteiger partial charge in [0, 0.05) is 11.0 Å². The molecular weight excluding hydrogens is 667 g/mol. The molecular formula is C52H45NSi. The Balaban J connectivity index is 1.12. The van der Waals surface area contributed by atoms with Gasteiger partial charge < -0.3 is 4.90 Å². The van der Waals surface area contributed by atoms with Crippen LogP contribution in [0.4, 0.5) is 17.1 Å². The van der Waals surface area contributed by atoms with Crippen LogP contribution < -0.4 is 25.6 Å². The van der Waals surface area contributed by atoms with Gasteiger partial charge in [-0.15, -0.1) is 0 Å². The number of hydrogen-bond donors (Lipinski definition) is 0. The molecule has 12 rings (SSSR count). The SMILES string of the molecule is c1ccc([Si](c2ccccc2)(c2ccccc2)c2cccc(-c3ccccc3N3c4ccccc4C4(c5ccccc53)C3CC5CC(C3)CC4C5)c2)cc1. The van der Waals surface area contributed by atoms with Crippen LogP contribution in [-0.4, -0.2) is 8.07 Å². The van der Waals surface area contributed by atoms with E-state index in [2.05, 4.69) is 193 Å². The molecule has 0 radical (unpaired) electrons. The van der Waals surface area contributed by atoms with Crippen molar-refractivity contribution in [2.24, 2.45) is 23.7 Å². The smallest absolute Gasteiger partial charge is 0.179 e. The minimum atomic E-state index is -2.69. The van der Waals surface area contributed by atoms with Gasteiger partial charge in [-0.25, -0.2) is 0 Å². The van der Waals surface area contributed by atoms with Gasteiger partial charge in [0.1, 0.15) is 0 Å². The van der Waals surface area contributed by atoms with Gasteiger partial charge >= 0.3 is 0 Å². The molecule has 0 N–H and O–H groups in total. The van der Waals surface area contributed by atoms with Crippen molar-refractivity contribution in [3.8, 4) is 11.1 Å². The van der Waals surface area contributed by atoms with Crippen molar-refractivity contribution in [2.75, 3.05) is 4.90 Å². The fourth-order valence-corrected chi connectivity index (χ4v) is 17.1. The van der Waals surface area contributed by atoms with Crippen LogP contribution >= 0.6 is 0 Å². The molecule has 0 aromatic heterocycles. The third kappa shape index (κ3) is 4.56. The summed E-state index contributed by atoms with van der Waals surface area (Å²) in [5.41, 5.74) is 9.73. The summed E-state index contributed by atoms with van der Waals surface area (Å²) >= 11 is 0. The highest BCUT2D eigenvalue weighted by molar-refractivity contribution is 7.19. The summed E-state index contributed by atoms with van der Waals surface area (Å²) < 4.78 is 0. The summed E-state index contributed by atoms with van der Waals surface area (Å²) in [4.78, 5) is 2.62. The topological polar surface area (TPSA) is 3.24 Å². The Bertz CT molecular complexity index is 2300. The van der Waals surface area contributed by atoms with Crippen LogP contribution in [0, 0.1) is 23.7 Å². The highest BCUT2D eigenvalue weighted by atomic mass is 28.3. The van der Waals surface area contributed by atoms with Gasteiger partial charge in [-0.05, 0) is 111 Å². The molecule has 0 amide bonds. The Kier molecular flexibility index (Phi) is 7.46. The van der Waals surface area contributed by atoms with Gasteiger partial charge in [0.05, 0.1) is 17.1 Å². The lowest BCUT2D eigenvalue weighted by Gasteiger charge is -2.64. The molecule has 1 heterocycles. The van der Waals surface area contributed by atoms with E-state index >= 15 is 0 Å². The average Bonchev–Trinajstić information content (AvgIpc) is 3.24. The number of hydrogen-bond acceptors (Lipinski definition) is 1. The van der Waals surface area contributed by atoms with Crippen LogP contribution in [0.2, 0.25) is 0 Å². The monoisotopic (exact) mass is 711 g/mol. The first-order valence-electron chi connectivity index (χ1n) is 20.1. The third-order valence-corrected chi connectivity index (χ3v) is 18.8. The van der Waals surface area contributed by atoms with Gasteiger partial charge in [-0.2, -0.15) is 0 Å². The molecule has 4 bridgehead atoms. The predicted molar refractivity (Wildman–Crippen MR) is 228 cm³/mol. The summed E-state index contributed by atoms with van der Waals surface area (Å²) in [6.07, 6.45) is 7.00. The summed E-state index contributed by atoms with van der Waals surface area (Å²) in [7, 11) is -2.69. The zero-order valence-electron chi connectivity index (χ0n) is 30.7. The molecule has 5 aliphatic rings. The first kappa shape index (κ1) is 32.0. The van der Waals surface area contributed by atoms with E-state index in [1.807, 2.05) is 0 Å². The maximum absolute atomic E-state index is 2.69. The van der Waals surface area contributed by atoms with E-state index in [1.54, 1.807) is 11.1 Å². The van der Waals surface area contributed by atoms with E-state index in [4.69, 9.17) is 0 Å². The summed E-state index contributed by atoms with van der Waals surface area (Å²) in [6.45, 7) is 0. The first-order valence-corrected chi connectivity index (χ1v) is 22.1. The average molecular weight is 712 g/mol. The lowest BCUT2D eigenvalue weighted by atomic mass is 9.41. The molecule has 4 saturated carbocycles. The summed E-state index contributed by atoms with van der Waals surface area (Å²) in [5, 5.41) is 5.58. The van der Waals surface area contributed by atoms with Gasteiger partial charge in [-0.3, -0.25) is 0 Å². The third-order valence-electron chi connectivity index (χ3n) is 14.0. The van der Waals surface area contributed by atoms with E-state index in [1.165, 1.54) is 81.0 Å². The number of anilines is 3. The summed E-state index contributed by atoms with van der Waals surface area (Å²) in [5.74, 6) is 3.28. The number of para-hydroxylation sites is 3. The molecule has 262 valence electrons. The highest BCUT2D eigenvalue weighted by Gasteiger charge is 2.61. The molecule has 0 atom stereocenters. The minimum absolute atomic E-state index is 0.0955. The molecule has 1 spiro atoms. The molecule has 7 aromatic carbocycles. The quantitative estimate of drug-likeness (QED) is 0.123. The second-order valence-corrected chi connectivity index (χ2v) is 20.3. The molecule has 2 heteroatoms. The molecule has 7 aromatic rings. The molecule has 0 unspecified atom stereocenters. The zero-order chi connectivity index (χ0) is 35.7. The molecule has 4 fully saturated rings. The van der Waals surface area contributed by atoms with Crippen molar-refractivity contribution in [1.29, 1.82) is 0 Å². The second kappa shape index (κ2) is 12.6. The normalized spacial score (nSPS) is 21.8. The van der Waals surface area contributed by atoms with Gasteiger partial charge in [-0.1, -0.05) is 170 Å². The number of fused-ring (bicyclic) bond motifs is 2. The predicted octanol–water partition coefficient (Wildman–Crippen LogP) is 10.3. The number of benzene rings is 7. The fraction of sp³-hybridized carbons (Fsp3) is 0.192. The van der Waals surface area contributed by atoms with Crippen molar-refractivity contribution in [2.45, 2.75) is 37.5 Å². The second-order valence-electron chi connectivity index (χ2n) is 16.5. The molecule has 54 heavy (non-hydrogen) atoms. The Hall–Kier alpha value is -5.44. The highest BCUT2D eigenvalue weighted by Crippen LogP contribution is 2.69. The molecule has 4 aliphatic carbocycles. The van der Waals surface area contributed by atoms with Crippen molar-refractivity contribution < 1.29 is 0 Å². The van der Waals surface area contributed by atoms with Crippen LogP contribution in [0.1, 0.15) is 43.2 Å². The number of rotatable bonds is 6. The van der Waals surface area contributed by atoms with Crippen molar-refractivity contribution in [3.63, 3.8) is 0 Å². The van der Waals surface area contributed by atoms with E-state index < -0.39 is 8.07 Å². The van der Waals surface area contributed by atoms with Gasteiger partial charge in [0.15, 0.2) is 8.07 Å². The maximum atomic E-state index is 2.62. The maximum Gasteiger partial charge on any atom is 0.179 e. The first-order chi connectivity index (χ1) is 26.8.